The minimum Gasteiger partial charge on any atom is -0.330 e. The van der Waals surface area contributed by atoms with Crippen LogP contribution in [0.15, 0.2) is 40.4 Å². The molecule has 0 bridgehead atoms. The van der Waals surface area contributed by atoms with Crippen molar-refractivity contribution in [1.29, 1.82) is 0 Å². The van der Waals surface area contributed by atoms with E-state index >= 15 is 0 Å². The standard InChI is InChI=1S/C17H17NO3S3/c19-16(10-12-5-9-24(20,21)11-12)18-6-3-14-13(4-8-23-14)17(18)15-2-1-7-22-15/h1-2,4-5,7-9,12,17H,3,6,10-11H2/t12-,17+/m0/s1. The molecule has 2 aliphatic rings. The van der Waals surface area contributed by atoms with Gasteiger partial charge in [0.15, 0.2) is 9.84 Å². The van der Waals surface area contributed by atoms with Crippen LogP contribution in [0.4, 0.5) is 0 Å². The van der Waals surface area contributed by atoms with Gasteiger partial charge in [-0.25, -0.2) is 8.42 Å². The summed E-state index contributed by atoms with van der Waals surface area (Å²) in [4.78, 5) is 17.3. The highest BCUT2D eigenvalue weighted by Gasteiger charge is 2.35. The van der Waals surface area contributed by atoms with Gasteiger partial charge in [0.05, 0.1) is 11.8 Å². The number of fused-ring (bicyclic) bond motifs is 1. The van der Waals surface area contributed by atoms with Crippen LogP contribution in [-0.2, 0) is 21.1 Å². The van der Waals surface area contributed by atoms with Gasteiger partial charge in [0, 0.05) is 34.0 Å². The number of sulfone groups is 1. The Morgan fingerprint density at radius 1 is 1.25 bits per heavy atom. The topological polar surface area (TPSA) is 54.5 Å². The zero-order chi connectivity index (χ0) is 16.7. The number of carbonyl (C=O) groups is 1. The molecule has 0 aromatic carbocycles. The number of hydrogen-bond donors (Lipinski definition) is 0. The first-order valence-corrected chi connectivity index (χ1v) is 11.3. The van der Waals surface area contributed by atoms with E-state index in [9.17, 15) is 13.2 Å². The Kier molecular flexibility index (Phi) is 4.10. The van der Waals surface area contributed by atoms with Crippen LogP contribution in [0, 0.1) is 5.92 Å². The average Bonchev–Trinajstić information content (AvgIpc) is 3.26. The Balaban J connectivity index is 1.60. The van der Waals surface area contributed by atoms with Crippen LogP contribution in [0.2, 0.25) is 0 Å². The van der Waals surface area contributed by atoms with Crippen molar-refractivity contribution in [2.45, 2.75) is 18.9 Å². The van der Waals surface area contributed by atoms with Crippen molar-refractivity contribution in [1.82, 2.24) is 4.90 Å². The van der Waals surface area contributed by atoms with E-state index in [2.05, 4.69) is 17.5 Å². The molecule has 24 heavy (non-hydrogen) atoms. The molecular weight excluding hydrogens is 362 g/mol. The molecule has 2 aromatic heterocycles. The lowest BCUT2D eigenvalue weighted by Gasteiger charge is -2.36. The largest absolute Gasteiger partial charge is 0.330 e. The number of amides is 1. The molecule has 126 valence electrons. The van der Waals surface area contributed by atoms with Gasteiger partial charge < -0.3 is 4.90 Å². The van der Waals surface area contributed by atoms with E-state index in [0.29, 0.717) is 6.54 Å². The van der Waals surface area contributed by atoms with Crippen molar-refractivity contribution in [2.24, 2.45) is 5.92 Å². The van der Waals surface area contributed by atoms with Gasteiger partial charge in [-0.1, -0.05) is 12.1 Å². The monoisotopic (exact) mass is 379 g/mol. The van der Waals surface area contributed by atoms with Crippen LogP contribution in [0.25, 0.3) is 0 Å². The SMILES string of the molecule is O=C(C[C@@H]1C=CS(=O)(=O)C1)N1CCc2sccc2[C@@H]1c1cccs1. The van der Waals surface area contributed by atoms with Gasteiger partial charge >= 0.3 is 0 Å². The molecule has 2 aromatic rings. The zero-order valence-corrected chi connectivity index (χ0v) is 15.4. The van der Waals surface area contributed by atoms with Crippen molar-refractivity contribution in [2.75, 3.05) is 12.3 Å². The Hall–Kier alpha value is -1.44. The van der Waals surface area contributed by atoms with E-state index in [1.807, 2.05) is 16.3 Å². The van der Waals surface area contributed by atoms with Gasteiger partial charge in [-0.05, 0) is 34.9 Å². The highest BCUT2D eigenvalue weighted by atomic mass is 32.2. The summed E-state index contributed by atoms with van der Waals surface area (Å²) in [5.74, 6) is -0.104. The maximum atomic E-state index is 12.9. The summed E-state index contributed by atoms with van der Waals surface area (Å²) in [6.07, 6.45) is 2.80. The third-order valence-corrected chi connectivity index (χ3v) is 7.93. The second-order valence-electron chi connectivity index (χ2n) is 6.18. The van der Waals surface area contributed by atoms with Gasteiger partial charge in [-0.2, -0.15) is 0 Å². The molecule has 0 saturated heterocycles. The summed E-state index contributed by atoms with van der Waals surface area (Å²) < 4.78 is 23.1. The molecule has 0 N–H and O–H groups in total. The lowest BCUT2D eigenvalue weighted by molar-refractivity contribution is -0.133. The fraction of sp³-hybridized carbons (Fsp3) is 0.353. The van der Waals surface area contributed by atoms with Gasteiger partial charge in [0.2, 0.25) is 5.91 Å². The molecule has 0 unspecified atom stereocenters. The number of carbonyl (C=O) groups excluding carboxylic acids is 1. The van der Waals surface area contributed by atoms with E-state index in [-0.39, 0.29) is 30.0 Å². The Bertz CT molecular complexity index is 880. The van der Waals surface area contributed by atoms with Gasteiger partial charge in [-0.3, -0.25) is 4.79 Å². The van der Waals surface area contributed by atoms with Crippen LogP contribution in [0.3, 0.4) is 0 Å². The van der Waals surface area contributed by atoms with E-state index in [1.54, 1.807) is 28.7 Å². The van der Waals surface area contributed by atoms with Gasteiger partial charge in [0.1, 0.15) is 0 Å². The highest BCUT2D eigenvalue weighted by molar-refractivity contribution is 7.94. The van der Waals surface area contributed by atoms with Crippen LogP contribution in [0.1, 0.15) is 27.8 Å². The summed E-state index contributed by atoms with van der Waals surface area (Å²) in [5.41, 5.74) is 1.22. The Labute approximate surface area is 149 Å². The number of allylic oxidation sites excluding steroid dienone is 1. The predicted molar refractivity (Wildman–Crippen MR) is 96.9 cm³/mol. The molecule has 0 fully saturated rings. The highest BCUT2D eigenvalue weighted by Crippen LogP contribution is 2.40. The minimum absolute atomic E-state index is 0.0329. The van der Waals surface area contributed by atoms with E-state index in [0.717, 1.165) is 11.3 Å². The van der Waals surface area contributed by atoms with Gasteiger partial charge in [-0.15, -0.1) is 22.7 Å². The number of hydrogen-bond acceptors (Lipinski definition) is 5. The first-order chi connectivity index (χ1) is 11.5. The normalized spacial score (nSPS) is 24.9. The zero-order valence-electron chi connectivity index (χ0n) is 12.9. The van der Waals surface area contributed by atoms with E-state index < -0.39 is 9.84 Å². The molecule has 0 aliphatic carbocycles. The van der Waals surface area contributed by atoms with Crippen molar-refractivity contribution in [3.8, 4) is 0 Å². The molecule has 4 heterocycles. The van der Waals surface area contributed by atoms with E-state index in [4.69, 9.17) is 0 Å². The summed E-state index contributed by atoms with van der Waals surface area (Å²) in [7, 11) is -3.12. The molecule has 4 nitrogen and oxygen atoms in total. The molecule has 0 radical (unpaired) electrons. The van der Waals surface area contributed by atoms with Crippen LogP contribution < -0.4 is 0 Å². The van der Waals surface area contributed by atoms with Gasteiger partial charge in [0.25, 0.3) is 0 Å². The van der Waals surface area contributed by atoms with Crippen LogP contribution >= 0.6 is 22.7 Å². The second-order valence-corrected chi connectivity index (χ2v) is 10.1. The molecule has 0 spiro atoms. The number of rotatable bonds is 3. The number of nitrogens with zero attached hydrogens (tertiary/aromatic N) is 1. The molecular formula is C17H17NO3S3. The first-order valence-electron chi connectivity index (χ1n) is 7.83. The lowest BCUT2D eigenvalue weighted by Crippen LogP contribution is -2.40. The van der Waals surface area contributed by atoms with Crippen molar-refractivity contribution in [3.63, 3.8) is 0 Å². The quantitative estimate of drug-likeness (QED) is 0.823. The third kappa shape index (κ3) is 2.96. The molecule has 2 aliphatic heterocycles. The number of thiophene rings is 2. The third-order valence-electron chi connectivity index (χ3n) is 4.54. The molecule has 0 saturated carbocycles. The fourth-order valence-electron chi connectivity index (χ4n) is 3.45. The smallest absolute Gasteiger partial charge is 0.224 e. The molecule has 4 rings (SSSR count). The molecule has 1 amide bonds. The summed E-state index contributed by atoms with van der Waals surface area (Å²) in [6, 6.07) is 6.16. The Morgan fingerprint density at radius 2 is 2.12 bits per heavy atom. The van der Waals surface area contributed by atoms with Crippen molar-refractivity contribution >= 4 is 38.4 Å². The molecule has 2 atom stereocenters. The van der Waals surface area contributed by atoms with Crippen LogP contribution in [-0.4, -0.2) is 31.5 Å². The summed E-state index contributed by atoms with van der Waals surface area (Å²) >= 11 is 3.41. The average molecular weight is 380 g/mol. The Morgan fingerprint density at radius 3 is 2.83 bits per heavy atom. The maximum Gasteiger partial charge on any atom is 0.224 e. The van der Waals surface area contributed by atoms with E-state index in [1.165, 1.54) is 15.8 Å². The summed E-state index contributed by atoms with van der Waals surface area (Å²) in [6.45, 7) is 0.693. The van der Waals surface area contributed by atoms with Crippen molar-refractivity contribution in [3.05, 3.63) is 55.8 Å². The fourth-order valence-corrected chi connectivity index (χ4v) is 6.60. The summed E-state index contributed by atoms with van der Waals surface area (Å²) in [5, 5.41) is 5.37. The van der Waals surface area contributed by atoms with Crippen LogP contribution in [0.5, 0.6) is 0 Å². The first kappa shape index (κ1) is 16.1. The minimum atomic E-state index is -3.12. The predicted octanol–water partition coefficient (Wildman–Crippen LogP) is 3.23. The van der Waals surface area contributed by atoms with Crippen molar-refractivity contribution < 1.29 is 13.2 Å². The molecule has 7 heteroatoms. The maximum absolute atomic E-state index is 12.9. The second kappa shape index (κ2) is 6.13. The lowest BCUT2D eigenvalue weighted by atomic mass is 9.97.